The number of carbonyl (C=O) groups is 1. The summed E-state index contributed by atoms with van der Waals surface area (Å²) in [6, 6.07) is 5.49. The van der Waals surface area contributed by atoms with Crippen LogP contribution in [0.4, 0.5) is 23.2 Å². The molecule has 1 aromatic carbocycles. The summed E-state index contributed by atoms with van der Waals surface area (Å²) in [5.41, 5.74) is -3.53. The lowest BCUT2D eigenvalue weighted by atomic mass is 9.89. The minimum atomic E-state index is -5.36. The summed E-state index contributed by atoms with van der Waals surface area (Å²) < 4.78 is 54.0. The summed E-state index contributed by atoms with van der Waals surface area (Å²) in [5, 5.41) is 0. The molecular weight excluding hydrogens is 310 g/mol. The molecule has 0 aliphatic carbocycles. The number of nitrogens with zero attached hydrogens (tertiary/aromatic N) is 1. The molecular formula is C17H15F4NO. The van der Waals surface area contributed by atoms with Crippen LogP contribution in [0.25, 0.3) is 0 Å². The van der Waals surface area contributed by atoms with Crippen molar-refractivity contribution in [3.8, 4) is 24.7 Å². The van der Waals surface area contributed by atoms with Crippen molar-refractivity contribution in [1.82, 2.24) is 0 Å². The molecule has 0 saturated carbocycles. The third-order valence-electron chi connectivity index (χ3n) is 3.36. The zero-order valence-electron chi connectivity index (χ0n) is 12.6. The number of rotatable bonds is 4. The largest absolute Gasteiger partial charge is 0.431 e. The van der Waals surface area contributed by atoms with E-state index in [0.29, 0.717) is 10.5 Å². The van der Waals surface area contributed by atoms with Gasteiger partial charge >= 0.3 is 6.18 Å². The first-order valence-corrected chi connectivity index (χ1v) is 6.67. The molecule has 0 N–H and O–H groups in total. The molecule has 6 heteroatoms. The zero-order chi connectivity index (χ0) is 17.8. The van der Waals surface area contributed by atoms with Crippen molar-refractivity contribution in [3.05, 3.63) is 29.8 Å². The molecule has 1 unspecified atom stereocenters. The third kappa shape index (κ3) is 3.48. The van der Waals surface area contributed by atoms with Crippen LogP contribution in [0.2, 0.25) is 0 Å². The number of hydrogen-bond donors (Lipinski definition) is 0. The maximum Gasteiger partial charge on any atom is 0.431 e. The van der Waals surface area contributed by atoms with Crippen LogP contribution in [0.1, 0.15) is 19.4 Å². The molecule has 23 heavy (non-hydrogen) atoms. The quantitative estimate of drug-likeness (QED) is 0.612. The molecule has 122 valence electrons. The van der Waals surface area contributed by atoms with E-state index in [4.69, 9.17) is 12.8 Å². The Bertz CT molecular complexity index is 649. The smallest absolute Gasteiger partial charge is 0.298 e. The van der Waals surface area contributed by atoms with Crippen LogP contribution in [-0.4, -0.2) is 24.3 Å². The average Bonchev–Trinajstić information content (AvgIpc) is 2.50. The molecule has 1 rings (SSSR count). The summed E-state index contributed by atoms with van der Waals surface area (Å²) in [5.74, 6) is 1.04. The SMILES string of the molecule is C#CCN(C(=O)C(F)(C(C)C)C(F)(F)F)c1ccc(C#C)cc1. The van der Waals surface area contributed by atoms with Crippen molar-refractivity contribution < 1.29 is 22.4 Å². The van der Waals surface area contributed by atoms with Crippen LogP contribution >= 0.6 is 0 Å². The van der Waals surface area contributed by atoms with E-state index in [1.54, 1.807) is 0 Å². The summed E-state index contributed by atoms with van der Waals surface area (Å²) in [6.45, 7) is 1.48. The first-order valence-electron chi connectivity index (χ1n) is 6.67. The Balaban J connectivity index is 3.36. The molecule has 0 saturated heterocycles. The maximum absolute atomic E-state index is 14.6. The van der Waals surface area contributed by atoms with Gasteiger partial charge in [-0.1, -0.05) is 25.7 Å². The highest BCUT2D eigenvalue weighted by Gasteiger charge is 2.64. The van der Waals surface area contributed by atoms with E-state index in [1.807, 2.05) is 0 Å². The van der Waals surface area contributed by atoms with Crippen molar-refractivity contribution in [1.29, 1.82) is 0 Å². The Morgan fingerprint density at radius 1 is 1.17 bits per heavy atom. The van der Waals surface area contributed by atoms with Gasteiger partial charge in [0, 0.05) is 17.2 Å². The second kappa shape index (κ2) is 6.75. The van der Waals surface area contributed by atoms with Gasteiger partial charge in [0.05, 0.1) is 6.54 Å². The van der Waals surface area contributed by atoms with Gasteiger partial charge in [-0.3, -0.25) is 9.69 Å². The Hall–Kier alpha value is -2.47. The van der Waals surface area contributed by atoms with Gasteiger partial charge in [0.25, 0.3) is 11.6 Å². The molecule has 0 heterocycles. The topological polar surface area (TPSA) is 20.3 Å². The van der Waals surface area contributed by atoms with Gasteiger partial charge in [0.1, 0.15) is 0 Å². The number of halogens is 4. The van der Waals surface area contributed by atoms with Crippen LogP contribution in [-0.2, 0) is 4.79 Å². The zero-order valence-corrected chi connectivity index (χ0v) is 12.6. The lowest BCUT2D eigenvalue weighted by molar-refractivity contribution is -0.237. The van der Waals surface area contributed by atoms with E-state index in [9.17, 15) is 22.4 Å². The van der Waals surface area contributed by atoms with Gasteiger partial charge in [-0.25, -0.2) is 4.39 Å². The molecule has 0 spiro atoms. The minimum Gasteiger partial charge on any atom is -0.298 e. The standard InChI is InChI=1S/C17H15F4NO/c1-5-11-22(14-9-7-13(6-2)8-10-14)15(23)16(18,12(3)4)17(19,20)21/h1-2,7-10,12H,11H2,3-4H3. The molecule has 0 radical (unpaired) electrons. The predicted molar refractivity (Wildman–Crippen MR) is 80.3 cm³/mol. The molecule has 1 amide bonds. The molecule has 1 aromatic rings. The summed E-state index contributed by atoms with van der Waals surface area (Å²) >= 11 is 0. The van der Waals surface area contributed by atoms with Crippen LogP contribution in [0.5, 0.6) is 0 Å². The van der Waals surface area contributed by atoms with Crippen molar-refractivity contribution in [2.24, 2.45) is 5.92 Å². The third-order valence-corrected chi connectivity index (χ3v) is 3.36. The number of hydrogen-bond acceptors (Lipinski definition) is 1. The van der Waals surface area contributed by atoms with Gasteiger partial charge < -0.3 is 0 Å². The van der Waals surface area contributed by atoms with E-state index < -0.39 is 30.2 Å². The fourth-order valence-corrected chi connectivity index (χ4v) is 2.00. The summed E-state index contributed by atoms with van der Waals surface area (Å²) in [4.78, 5) is 12.9. The second-order valence-corrected chi connectivity index (χ2v) is 5.15. The van der Waals surface area contributed by atoms with E-state index in [-0.39, 0.29) is 5.69 Å². The van der Waals surface area contributed by atoms with Crippen LogP contribution < -0.4 is 4.90 Å². The van der Waals surface area contributed by atoms with Crippen LogP contribution in [0, 0.1) is 30.6 Å². The fraction of sp³-hybridized carbons (Fsp3) is 0.353. The molecule has 0 aliphatic rings. The van der Waals surface area contributed by atoms with Crippen molar-refractivity contribution in [2.45, 2.75) is 25.7 Å². The maximum atomic E-state index is 14.6. The summed E-state index contributed by atoms with van der Waals surface area (Å²) in [6.07, 6.45) is 4.94. The first-order chi connectivity index (χ1) is 10.6. The van der Waals surface area contributed by atoms with Gasteiger partial charge in [0.2, 0.25) is 0 Å². The molecule has 0 aliphatic heterocycles. The van der Waals surface area contributed by atoms with E-state index in [1.165, 1.54) is 24.3 Å². The lowest BCUT2D eigenvalue weighted by Gasteiger charge is -2.34. The monoisotopic (exact) mass is 325 g/mol. The Labute approximate surface area is 132 Å². The van der Waals surface area contributed by atoms with Gasteiger partial charge in [0.15, 0.2) is 0 Å². The molecule has 1 atom stereocenters. The van der Waals surface area contributed by atoms with Gasteiger partial charge in [-0.2, -0.15) is 13.2 Å². The molecule has 0 aromatic heterocycles. The van der Waals surface area contributed by atoms with Crippen molar-refractivity contribution >= 4 is 11.6 Å². The van der Waals surface area contributed by atoms with Crippen LogP contribution in [0.15, 0.2) is 24.3 Å². The first kappa shape index (κ1) is 18.6. The van der Waals surface area contributed by atoms with E-state index >= 15 is 0 Å². The number of amides is 1. The number of benzene rings is 1. The van der Waals surface area contributed by atoms with Gasteiger partial charge in [-0.15, -0.1) is 12.8 Å². The normalized spacial score (nSPS) is 13.8. The Morgan fingerprint density at radius 3 is 2.04 bits per heavy atom. The average molecular weight is 325 g/mol. The Kier molecular flexibility index (Phi) is 5.45. The summed E-state index contributed by atoms with van der Waals surface area (Å²) in [7, 11) is 0. The number of alkyl halides is 4. The fourth-order valence-electron chi connectivity index (χ4n) is 2.00. The van der Waals surface area contributed by atoms with E-state index in [2.05, 4.69) is 11.8 Å². The number of anilines is 1. The van der Waals surface area contributed by atoms with Crippen molar-refractivity contribution in [2.75, 3.05) is 11.4 Å². The predicted octanol–water partition coefficient (Wildman–Crippen LogP) is 3.56. The minimum absolute atomic E-state index is 0.0406. The Morgan fingerprint density at radius 2 is 1.70 bits per heavy atom. The van der Waals surface area contributed by atoms with Crippen LogP contribution in [0.3, 0.4) is 0 Å². The second-order valence-electron chi connectivity index (χ2n) is 5.15. The molecule has 0 fully saturated rings. The number of terminal acetylenes is 2. The highest BCUT2D eigenvalue weighted by Crippen LogP contribution is 2.42. The van der Waals surface area contributed by atoms with Crippen molar-refractivity contribution in [3.63, 3.8) is 0 Å². The van der Waals surface area contributed by atoms with E-state index in [0.717, 1.165) is 13.8 Å². The van der Waals surface area contributed by atoms with Gasteiger partial charge in [-0.05, 0) is 24.3 Å². The number of carbonyl (C=O) groups excluding carboxylic acids is 1. The molecule has 2 nitrogen and oxygen atoms in total. The lowest BCUT2D eigenvalue weighted by Crippen LogP contribution is -2.58. The highest BCUT2D eigenvalue weighted by atomic mass is 19.4. The highest BCUT2D eigenvalue weighted by molar-refractivity contribution is 6.00. The molecule has 0 bridgehead atoms.